The minimum absolute atomic E-state index is 0.0158. The molecule has 0 saturated heterocycles. The number of rotatable bonds is 10. The Kier molecular flexibility index (Phi) is 9.50. The van der Waals surface area contributed by atoms with E-state index >= 15 is 0 Å². The summed E-state index contributed by atoms with van der Waals surface area (Å²) >= 11 is 0. The molecule has 0 fully saturated rings. The number of hydrogen-bond acceptors (Lipinski definition) is 3. The van der Waals surface area contributed by atoms with Crippen LogP contribution in [0.3, 0.4) is 0 Å². The molecule has 1 unspecified atom stereocenters. The lowest BCUT2D eigenvalue weighted by molar-refractivity contribution is -0.143. The number of Topliss-reactive ketones (excluding diaryl/α,β-unsaturated/α-hetero) is 1. The molecule has 12 heteroatoms. The van der Waals surface area contributed by atoms with Crippen LogP contribution in [0, 0.1) is 0 Å². The van der Waals surface area contributed by atoms with E-state index in [-0.39, 0.29) is 37.7 Å². The van der Waals surface area contributed by atoms with Crippen molar-refractivity contribution in [2.24, 2.45) is 7.05 Å². The first-order valence-electron chi connectivity index (χ1n) is 13.6. The van der Waals surface area contributed by atoms with Gasteiger partial charge in [0.2, 0.25) is 5.91 Å². The van der Waals surface area contributed by atoms with E-state index in [1.807, 2.05) is 42.1 Å². The van der Waals surface area contributed by atoms with E-state index in [9.17, 15) is 40.7 Å². The lowest BCUT2D eigenvalue weighted by Crippen LogP contribution is -2.40. The van der Waals surface area contributed by atoms with Gasteiger partial charge >= 0.3 is 12.4 Å². The zero-order valence-corrected chi connectivity index (χ0v) is 23.8. The normalized spacial score (nSPS) is 12.6. The van der Waals surface area contributed by atoms with Crippen molar-refractivity contribution in [3.8, 4) is 0 Å². The number of hydrogen-bond donors (Lipinski definition) is 1. The van der Waals surface area contributed by atoms with Gasteiger partial charge in [0.25, 0.3) is 5.91 Å². The standard InChI is InChI=1S/C32H29F6N3O3/c1-40-19-22(26-10-6-7-11-27(26)40)16-25(12-13-29(43)39-18-28(42)20-8-4-3-5-9-20)41(2)30(44)21-14-23(31(33,34)35)17-24(15-21)32(36,37)38/h3-11,14-15,17,19,25H,12-13,16,18H2,1-2H3,(H,39,43). The lowest BCUT2D eigenvalue weighted by Gasteiger charge is -2.29. The molecule has 232 valence electrons. The highest BCUT2D eigenvalue weighted by atomic mass is 19.4. The van der Waals surface area contributed by atoms with Gasteiger partial charge in [-0.2, -0.15) is 26.3 Å². The Morgan fingerprint density at radius 1 is 0.841 bits per heavy atom. The fraction of sp³-hybridized carbons (Fsp3) is 0.281. The molecule has 44 heavy (non-hydrogen) atoms. The number of carbonyl (C=O) groups excluding carboxylic acids is 3. The summed E-state index contributed by atoms with van der Waals surface area (Å²) in [5.41, 5.74) is -1.93. The average molecular weight is 618 g/mol. The summed E-state index contributed by atoms with van der Waals surface area (Å²) in [6.07, 6.45) is -8.40. The van der Waals surface area contributed by atoms with E-state index in [1.54, 1.807) is 30.3 Å². The number of para-hydroxylation sites is 1. The maximum Gasteiger partial charge on any atom is 0.416 e. The van der Waals surface area contributed by atoms with Gasteiger partial charge in [-0.1, -0.05) is 48.5 Å². The summed E-state index contributed by atoms with van der Waals surface area (Å²) in [5, 5.41) is 3.38. The molecule has 0 aliphatic heterocycles. The molecular weight excluding hydrogens is 588 g/mol. The SMILES string of the molecule is CN(C(=O)c1cc(C(F)(F)F)cc(C(F)(F)F)c1)C(CCC(=O)NCC(=O)c1ccccc1)Cc1cn(C)c2ccccc12. The van der Waals surface area contributed by atoms with Gasteiger partial charge in [0.15, 0.2) is 5.78 Å². The maximum atomic E-state index is 13.5. The van der Waals surface area contributed by atoms with Gasteiger partial charge in [-0.15, -0.1) is 0 Å². The van der Waals surface area contributed by atoms with Gasteiger partial charge in [0.1, 0.15) is 0 Å². The third-order valence-corrected chi connectivity index (χ3v) is 7.38. The second-order valence-corrected chi connectivity index (χ2v) is 10.5. The monoisotopic (exact) mass is 617 g/mol. The van der Waals surface area contributed by atoms with Crippen molar-refractivity contribution >= 4 is 28.5 Å². The molecule has 0 bridgehead atoms. The van der Waals surface area contributed by atoms with Gasteiger partial charge in [0, 0.05) is 54.8 Å². The molecule has 0 saturated carbocycles. The summed E-state index contributed by atoms with van der Waals surface area (Å²) in [7, 11) is 3.09. The number of ketones is 1. The third-order valence-electron chi connectivity index (χ3n) is 7.38. The van der Waals surface area contributed by atoms with Crippen LogP contribution in [0.15, 0.2) is 79.0 Å². The molecule has 1 N–H and O–H groups in total. The second-order valence-electron chi connectivity index (χ2n) is 10.5. The van der Waals surface area contributed by atoms with Crippen LogP contribution in [0.4, 0.5) is 26.3 Å². The van der Waals surface area contributed by atoms with E-state index in [2.05, 4.69) is 5.32 Å². The number of alkyl halides is 6. The Hall–Kier alpha value is -4.61. The van der Waals surface area contributed by atoms with E-state index in [0.717, 1.165) is 21.4 Å². The number of carbonyl (C=O) groups is 3. The third kappa shape index (κ3) is 7.66. The number of likely N-dealkylation sites (N-methyl/N-ethyl adjacent to an activating group) is 1. The number of nitrogens with one attached hydrogen (secondary N) is 1. The number of nitrogens with zero attached hydrogens (tertiary/aromatic N) is 2. The van der Waals surface area contributed by atoms with Gasteiger partial charge in [-0.05, 0) is 42.7 Å². The maximum absolute atomic E-state index is 13.5. The van der Waals surface area contributed by atoms with Crippen molar-refractivity contribution in [3.05, 3.63) is 107 Å². The molecule has 1 atom stereocenters. The van der Waals surface area contributed by atoms with Crippen LogP contribution in [0.5, 0.6) is 0 Å². The predicted octanol–water partition coefficient (Wildman–Crippen LogP) is 6.68. The fourth-order valence-electron chi connectivity index (χ4n) is 5.01. The van der Waals surface area contributed by atoms with Gasteiger partial charge < -0.3 is 14.8 Å². The van der Waals surface area contributed by atoms with Crippen LogP contribution in [0.1, 0.15) is 50.2 Å². The summed E-state index contributed by atoms with van der Waals surface area (Å²) in [5.74, 6) is -1.88. The number of fused-ring (bicyclic) bond motifs is 1. The highest BCUT2D eigenvalue weighted by Gasteiger charge is 2.38. The summed E-state index contributed by atoms with van der Waals surface area (Å²) in [4.78, 5) is 39.6. The highest BCUT2D eigenvalue weighted by Crippen LogP contribution is 2.37. The topological polar surface area (TPSA) is 71.4 Å². The van der Waals surface area contributed by atoms with Crippen LogP contribution >= 0.6 is 0 Å². The molecule has 3 aromatic carbocycles. The number of amides is 2. The van der Waals surface area contributed by atoms with Crippen molar-refractivity contribution < 1.29 is 40.7 Å². The van der Waals surface area contributed by atoms with Crippen molar-refractivity contribution in [2.45, 2.75) is 37.7 Å². The summed E-state index contributed by atoms with van der Waals surface area (Å²) in [6, 6.07) is 15.7. The first kappa shape index (κ1) is 32.3. The quantitative estimate of drug-likeness (QED) is 0.160. The molecule has 1 heterocycles. The smallest absolute Gasteiger partial charge is 0.350 e. The van der Waals surface area contributed by atoms with Crippen LogP contribution in [-0.2, 0) is 30.6 Å². The Balaban J connectivity index is 1.59. The zero-order chi connectivity index (χ0) is 32.2. The van der Waals surface area contributed by atoms with E-state index in [4.69, 9.17) is 0 Å². The molecule has 4 rings (SSSR count). The number of benzene rings is 3. The Morgan fingerprint density at radius 2 is 1.43 bits per heavy atom. The minimum Gasteiger partial charge on any atom is -0.350 e. The Labute approximate surface area is 249 Å². The van der Waals surface area contributed by atoms with Crippen LogP contribution in [0.25, 0.3) is 10.9 Å². The highest BCUT2D eigenvalue weighted by molar-refractivity contribution is 5.99. The molecule has 6 nitrogen and oxygen atoms in total. The van der Waals surface area contributed by atoms with Crippen molar-refractivity contribution in [1.82, 2.24) is 14.8 Å². The first-order valence-corrected chi connectivity index (χ1v) is 13.6. The molecule has 1 aromatic heterocycles. The molecule has 4 aromatic rings. The number of aryl methyl sites for hydroxylation is 1. The van der Waals surface area contributed by atoms with Gasteiger partial charge in [0.05, 0.1) is 17.7 Å². The largest absolute Gasteiger partial charge is 0.416 e. The van der Waals surface area contributed by atoms with Crippen LogP contribution in [0.2, 0.25) is 0 Å². The molecule has 2 amide bonds. The average Bonchev–Trinajstić information content (AvgIpc) is 3.31. The number of halogens is 6. The molecule has 0 aliphatic carbocycles. The van der Waals surface area contributed by atoms with E-state index in [1.165, 1.54) is 7.05 Å². The summed E-state index contributed by atoms with van der Waals surface area (Å²) in [6.45, 7) is -0.268. The Bertz CT molecular complexity index is 1630. The molecule has 0 aliphatic rings. The predicted molar refractivity (Wildman–Crippen MR) is 152 cm³/mol. The second kappa shape index (κ2) is 12.9. The van der Waals surface area contributed by atoms with Crippen LogP contribution in [-0.4, -0.2) is 46.7 Å². The van der Waals surface area contributed by atoms with Crippen molar-refractivity contribution in [1.29, 1.82) is 0 Å². The number of aromatic nitrogens is 1. The Morgan fingerprint density at radius 3 is 2.05 bits per heavy atom. The van der Waals surface area contributed by atoms with E-state index < -0.39 is 46.9 Å². The fourth-order valence-corrected chi connectivity index (χ4v) is 5.01. The molecule has 0 spiro atoms. The lowest BCUT2D eigenvalue weighted by atomic mass is 9.98. The molecular formula is C32H29F6N3O3. The van der Waals surface area contributed by atoms with Crippen molar-refractivity contribution in [2.75, 3.05) is 13.6 Å². The summed E-state index contributed by atoms with van der Waals surface area (Å²) < 4.78 is 82.7. The first-order chi connectivity index (χ1) is 20.6. The minimum atomic E-state index is -5.12. The van der Waals surface area contributed by atoms with Crippen molar-refractivity contribution in [3.63, 3.8) is 0 Å². The molecule has 0 radical (unpaired) electrons. The van der Waals surface area contributed by atoms with Gasteiger partial charge in [-0.3, -0.25) is 14.4 Å². The van der Waals surface area contributed by atoms with Crippen LogP contribution < -0.4 is 5.32 Å². The van der Waals surface area contributed by atoms with E-state index in [0.29, 0.717) is 17.7 Å². The zero-order valence-electron chi connectivity index (χ0n) is 23.8. The van der Waals surface area contributed by atoms with Gasteiger partial charge in [-0.25, -0.2) is 0 Å².